The van der Waals surface area contributed by atoms with Crippen LogP contribution in [-0.2, 0) is 4.79 Å². The van der Waals surface area contributed by atoms with Gasteiger partial charge < -0.3 is 5.73 Å². The van der Waals surface area contributed by atoms with Crippen LogP contribution in [0.4, 0.5) is 5.95 Å². The molecular weight excluding hydrogens is 214 g/mol. The van der Waals surface area contributed by atoms with Crippen LogP contribution in [-0.4, -0.2) is 15.9 Å². The van der Waals surface area contributed by atoms with E-state index in [4.69, 9.17) is 5.73 Å². The first-order chi connectivity index (χ1) is 7.15. The molecule has 0 spiro atoms. The molecule has 0 saturated carbocycles. The first kappa shape index (κ1) is 9.78. The lowest BCUT2D eigenvalue weighted by Gasteiger charge is -2.01. The van der Waals surface area contributed by atoms with Crippen molar-refractivity contribution in [2.75, 3.05) is 5.73 Å². The van der Waals surface area contributed by atoms with E-state index in [0.29, 0.717) is 9.93 Å². The van der Waals surface area contributed by atoms with Crippen molar-refractivity contribution in [2.24, 2.45) is 10.2 Å². The summed E-state index contributed by atoms with van der Waals surface area (Å²) >= 11 is 1.18. The molecule has 0 unspecified atom stereocenters. The van der Waals surface area contributed by atoms with Gasteiger partial charge in [0, 0.05) is 5.69 Å². The first-order valence-corrected chi connectivity index (χ1v) is 4.91. The minimum atomic E-state index is -0.352. The molecule has 0 aromatic carbocycles. The van der Waals surface area contributed by atoms with Crippen molar-refractivity contribution in [3.05, 3.63) is 22.9 Å². The van der Waals surface area contributed by atoms with Gasteiger partial charge in [0.2, 0.25) is 5.95 Å². The minimum Gasteiger partial charge on any atom is -0.368 e. The molecule has 6 nitrogen and oxygen atoms in total. The van der Waals surface area contributed by atoms with Crippen LogP contribution in [0.25, 0.3) is 0 Å². The van der Waals surface area contributed by atoms with Crippen molar-refractivity contribution in [1.29, 1.82) is 0 Å². The number of rotatable bonds is 2. The van der Waals surface area contributed by atoms with E-state index in [9.17, 15) is 4.79 Å². The molecule has 1 aromatic heterocycles. The van der Waals surface area contributed by atoms with Gasteiger partial charge in [-0.2, -0.15) is 5.11 Å². The summed E-state index contributed by atoms with van der Waals surface area (Å²) in [6.45, 7) is 1.81. The van der Waals surface area contributed by atoms with Gasteiger partial charge in [-0.25, -0.2) is 9.97 Å². The quantitative estimate of drug-likeness (QED) is 0.759. The van der Waals surface area contributed by atoms with Crippen molar-refractivity contribution < 1.29 is 4.79 Å². The summed E-state index contributed by atoms with van der Waals surface area (Å²) in [7, 11) is 0. The fourth-order valence-corrected chi connectivity index (χ4v) is 1.86. The maximum Gasteiger partial charge on any atom is 0.303 e. The number of hydrogen-bond donors (Lipinski definition) is 1. The van der Waals surface area contributed by atoms with Gasteiger partial charge in [-0.15, -0.1) is 5.11 Å². The predicted octanol–water partition coefficient (Wildman–Crippen LogP) is 1.29. The molecule has 0 atom stereocenters. The van der Waals surface area contributed by atoms with Gasteiger partial charge in [-0.3, -0.25) is 4.79 Å². The molecule has 0 bridgehead atoms. The molecule has 2 N–H and O–H groups in total. The first-order valence-electron chi connectivity index (χ1n) is 4.09. The van der Waals surface area contributed by atoms with Gasteiger partial charge in [-0.1, -0.05) is 11.8 Å². The second-order valence-electron chi connectivity index (χ2n) is 2.82. The van der Waals surface area contributed by atoms with Crippen LogP contribution in [0.3, 0.4) is 0 Å². The van der Waals surface area contributed by atoms with E-state index in [1.807, 2.05) is 6.92 Å². The number of carbonyl (C=O) groups excluding carboxylic acids is 1. The third-order valence-corrected chi connectivity index (χ3v) is 2.52. The van der Waals surface area contributed by atoms with E-state index in [-0.39, 0.29) is 11.9 Å². The second-order valence-corrected chi connectivity index (χ2v) is 3.88. The third-order valence-electron chi connectivity index (χ3n) is 1.60. The largest absolute Gasteiger partial charge is 0.368 e. The van der Waals surface area contributed by atoms with Gasteiger partial charge in [0.15, 0.2) is 0 Å². The number of aromatic nitrogens is 2. The van der Waals surface area contributed by atoms with E-state index < -0.39 is 0 Å². The molecule has 1 aliphatic rings. The Morgan fingerprint density at radius 3 is 2.80 bits per heavy atom. The lowest BCUT2D eigenvalue weighted by molar-refractivity contribution is -0.113. The molecular formula is C8H7N5OS. The number of carbonyl (C=O) groups is 1. The molecule has 1 amide bonds. The van der Waals surface area contributed by atoms with E-state index in [2.05, 4.69) is 20.2 Å². The maximum atomic E-state index is 11.1. The Labute approximate surface area is 89.7 Å². The fourth-order valence-electron chi connectivity index (χ4n) is 1.04. The summed E-state index contributed by atoms with van der Waals surface area (Å²) in [6, 6.07) is 1.74. The van der Waals surface area contributed by atoms with E-state index in [1.54, 1.807) is 6.07 Å². The SMILES string of the molecule is Cc1cc(SC2=CN=NC2=O)nc(N)n1. The topological polar surface area (TPSA) is 93.6 Å². The molecule has 2 rings (SSSR count). The maximum absolute atomic E-state index is 11.1. The van der Waals surface area contributed by atoms with Crippen LogP contribution in [0, 0.1) is 6.92 Å². The summed E-state index contributed by atoms with van der Waals surface area (Å²) in [5.41, 5.74) is 6.24. The smallest absolute Gasteiger partial charge is 0.303 e. The Balaban J connectivity index is 2.21. The third kappa shape index (κ3) is 2.18. The van der Waals surface area contributed by atoms with Gasteiger partial charge >= 0.3 is 5.91 Å². The highest BCUT2D eigenvalue weighted by Gasteiger charge is 2.15. The molecule has 7 heteroatoms. The van der Waals surface area contributed by atoms with Crippen molar-refractivity contribution in [3.63, 3.8) is 0 Å². The fraction of sp³-hybridized carbons (Fsp3) is 0.125. The van der Waals surface area contributed by atoms with Gasteiger partial charge in [0.25, 0.3) is 0 Å². The number of nitrogens with zero attached hydrogens (tertiary/aromatic N) is 4. The normalized spacial score (nSPS) is 14.5. The van der Waals surface area contributed by atoms with Crippen LogP contribution in [0.1, 0.15) is 5.69 Å². The lowest BCUT2D eigenvalue weighted by atomic mass is 10.5. The van der Waals surface area contributed by atoms with Crippen LogP contribution in [0.15, 0.2) is 32.4 Å². The number of nitrogens with two attached hydrogens (primary N) is 1. The predicted molar refractivity (Wildman–Crippen MR) is 55.0 cm³/mol. The van der Waals surface area contributed by atoms with Crippen molar-refractivity contribution in [1.82, 2.24) is 9.97 Å². The molecule has 15 heavy (non-hydrogen) atoms. The molecule has 0 fully saturated rings. The monoisotopic (exact) mass is 221 g/mol. The average molecular weight is 221 g/mol. The van der Waals surface area contributed by atoms with Crippen molar-refractivity contribution in [3.8, 4) is 0 Å². The summed E-state index contributed by atoms with van der Waals surface area (Å²) in [5.74, 6) is -0.160. The number of amides is 1. The van der Waals surface area contributed by atoms with Crippen molar-refractivity contribution >= 4 is 23.6 Å². The van der Waals surface area contributed by atoms with Crippen molar-refractivity contribution in [2.45, 2.75) is 11.9 Å². The Morgan fingerprint density at radius 1 is 1.40 bits per heavy atom. The Morgan fingerprint density at radius 2 is 2.20 bits per heavy atom. The highest BCUT2D eigenvalue weighted by atomic mass is 32.2. The summed E-state index contributed by atoms with van der Waals surface area (Å²) in [4.78, 5) is 19.5. The molecule has 76 valence electrons. The van der Waals surface area contributed by atoms with Crippen LogP contribution in [0.5, 0.6) is 0 Å². The highest BCUT2D eigenvalue weighted by molar-refractivity contribution is 8.04. The van der Waals surface area contributed by atoms with Crippen LogP contribution < -0.4 is 5.73 Å². The van der Waals surface area contributed by atoms with Crippen LogP contribution in [0.2, 0.25) is 0 Å². The lowest BCUT2D eigenvalue weighted by Crippen LogP contribution is -1.98. The second kappa shape index (κ2) is 3.77. The van der Waals surface area contributed by atoms with Gasteiger partial charge in [-0.05, 0) is 13.0 Å². The number of thioether (sulfide) groups is 1. The molecule has 1 aromatic rings. The number of nitrogen functional groups attached to an aromatic ring is 1. The number of aryl methyl sites for hydroxylation is 1. The Kier molecular flexibility index (Phi) is 2.46. The van der Waals surface area contributed by atoms with E-state index in [0.717, 1.165) is 5.69 Å². The van der Waals surface area contributed by atoms with Gasteiger partial charge in [0.05, 0.1) is 6.20 Å². The summed E-state index contributed by atoms with van der Waals surface area (Å²) < 4.78 is 0. The molecule has 0 saturated heterocycles. The Hall–Kier alpha value is -1.76. The van der Waals surface area contributed by atoms with Gasteiger partial charge in [0.1, 0.15) is 9.93 Å². The minimum absolute atomic E-state index is 0.192. The zero-order valence-corrected chi connectivity index (χ0v) is 8.65. The zero-order valence-electron chi connectivity index (χ0n) is 7.84. The van der Waals surface area contributed by atoms with E-state index in [1.165, 1.54) is 18.0 Å². The van der Waals surface area contributed by atoms with Crippen LogP contribution >= 0.6 is 11.8 Å². The number of anilines is 1. The molecule has 2 heterocycles. The number of azo groups is 1. The summed E-state index contributed by atoms with van der Waals surface area (Å²) in [5, 5.41) is 7.48. The number of hydrogen-bond acceptors (Lipinski definition) is 6. The molecule has 1 aliphatic heterocycles. The molecule has 0 radical (unpaired) electrons. The Bertz CT molecular complexity index is 462. The highest BCUT2D eigenvalue weighted by Crippen LogP contribution is 2.28. The zero-order chi connectivity index (χ0) is 10.8. The summed E-state index contributed by atoms with van der Waals surface area (Å²) in [6.07, 6.45) is 1.40. The molecule has 0 aliphatic carbocycles. The average Bonchev–Trinajstić information content (AvgIpc) is 2.50. The standard InChI is InChI=1S/C8H7N5OS/c1-4-2-6(12-8(9)11-4)15-5-3-10-13-7(5)14/h2-3H,1H3,(H2,9,11,12). The van der Waals surface area contributed by atoms with E-state index >= 15 is 0 Å².